The lowest BCUT2D eigenvalue weighted by Crippen LogP contribution is -2.66. The second-order valence-corrected chi connectivity index (χ2v) is 20.0. The number of likely N-dealkylation sites (N-methyl/N-ethyl adjacent to an activating group) is 1. The van der Waals surface area contributed by atoms with Gasteiger partial charge in [-0.25, -0.2) is 0 Å². The highest BCUT2D eigenvalue weighted by atomic mass is 32.1. The molecule has 0 bridgehead atoms. The number of aliphatic hydroxyl groups is 3. The number of esters is 2. The van der Waals surface area contributed by atoms with E-state index in [1.54, 1.807) is 65.0 Å². The second-order valence-electron chi connectivity index (χ2n) is 19.2. The van der Waals surface area contributed by atoms with E-state index in [1.165, 1.54) is 24.7 Å². The summed E-state index contributed by atoms with van der Waals surface area (Å²) in [6.07, 6.45) is -1.41. The second kappa shape index (κ2) is 25.4. The van der Waals surface area contributed by atoms with Gasteiger partial charge in [0, 0.05) is 38.8 Å². The van der Waals surface area contributed by atoms with Crippen LogP contribution in [-0.4, -0.2) is 154 Å². The molecule has 15 atom stereocenters. The van der Waals surface area contributed by atoms with Gasteiger partial charge >= 0.3 is 11.9 Å². The number of benzene rings is 1. The van der Waals surface area contributed by atoms with Gasteiger partial charge < -0.3 is 58.7 Å². The Bertz CT molecular complexity index is 1910. The maximum Gasteiger partial charge on any atom is 0.308 e. The number of aliphatic hydroxyl groups excluding tert-OH is 2. The van der Waals surface area contributed by atoms with Crippen molar-refractivity contribution >= 4 is 29.3 Å². The Morgan fingerprint density at radius 1 is 1.01 bits per heavy atom. The Morgan fingerprint density at radius 2 is 1.75 bits per heavy atom. The molecule has 0 radical (unpaired) electrons. The molecule has 67 heavy (non-hydrogen) atoms. The van der Waals surface area contributed by atoms with E-state index in [-0.39, 0.29) is 24.5 Å². The molecule has 0 aliphatic carbocycles. The Balaban J connectivity index is 1.40. The maximum absolute atomic E-state index is 13.6. The van der Waals surface area contributed by atoms with E-state index in [0.29, 0.717) is 32.4 Å². The van der Waals surface area contributed by atoms with Crippen LogP contribution >= 0.6 is 11.5 Å². The van der Waals surface area contributed by atoms with Gasteiger partial charge in [-0.3, -0.25) is 14.4 Å². The fourth-order valence-electron chi connectivity index (χ4n) is 9.21. The van der Waals surface area contributed by atoms with Crippen LogP contribution in [0.25, 0.3) is 10.4 Å². The summed E-state index contributed by atoms with van der Waals surface area (Å²) in [5.41, 5.74) is 0.578. The van der Waals surface area contributed by atoms with E-state index in [9.17, 15) is 29.7 Å². The molecule has 2 fully saturated rings. The third-order valence-corrected chi connectivity index (χ3v) is 13.4. The summed E-state index contributed by atoms with van der Waals surface area (Å²) in [6, 6.07) is 7.36. The summed E-state index contributed by atoms with van der Waals surface area (Å²) in [5, 5.41) is 43.1. The summed E-state index contributed by atoms with van der Waals surface area (Å²) in [5.74, 6) is -2.05. The molecule has 0 spiro atoms. The van der Waals surface area contributed by atoms with Gasteiger partial charge in [-0.2, -0.15) is 0 Å². The number of hydrogen-bond donors (Lipinski definition) is 4. The minimum atomic E-state index is -1.49. The van der Waals surface area contributed by atoms with Crippen molar-refractivity contribution in [1.82, 2.24) is 19.8 Å². The number of cyclic esters (lactones) is 1. The third-order valence-electron chi connectivity index (χ3n) is 12.7. The van der Waals surface area contributed by atoms with E-state index in [4.69, 9.17) is 33.2 Å². The fraction of sp³-hybridized carbons (Fsp3) is 0.694. The minimum Gasteiger partial charge on any atom is -0.462 e. The van der Waals surface area contributed by atoms with Crippen molar-refractivity contribution in [2.24, 2.45) is 17.8 Å². The fourth-order valence-corrected chi connectivity index (χ4v) is 9.72. The summed E-state index contributed by atoms with van der Waals surface area (Å²) in [6.45, 7) is 13.5. The van der Waals surface area contributed by atoms with Crippen LogP contribution in [0.5, 0.6) is 0 Å². The van der Waals surface area contributed by atoms with Crippen molar-refractivity contribution < 1.29 is 62.9 Å². The zero-order valence-electron chi connectivity index (χ0n) is 40.7. The third kappa shape index (κ3) is 15.5. The molecule has 18 heteroatoms. The molecule has 2 saturated heterocycles. The quantitative estimate of drug-likeness (QED) is 0.140. The van der Waals surface area contributed by atoms with Crippen LogP contribution in [0.3, 0.4) is 0 Å². The molecular formula is C49H74N4O13S. The first-order chi connectivity index (χ1) is 31.8. The molecular weight excluding hydrogens is 885 g/mol. The summed E-state index contributed by atoms with van der Waals surface area (Å²) in [7, 11) is 5.00. The summed E-state index contributed by atoms with van der Waals surface area (Å²) < 4.78 is 47.4. The lowest BCUT2D eigenvalue weighted by Gasteiger charge is -2.50. The lowest BCUT2D eigenvalue weighted by atomic mass is 9.82. The minimum absolute atomic E-state index is 0.0268. The molecule has 4 unspecified atom stereocenters. The van der Waals surface area contributed by atoms with Gasteiger partial charge in [0.05, 0.1) is 48.0 Å². The smallest absolute Gasteiger partial charge is 0.308 e. The Kier molecular flexibility index (Phi) is 20.6. The van der Waals surface area contributed by atoms with Crippen LogP contribution in [0, 0.1) is 17.8 Å². The Morgan fingerprint density at radius 3 is 2.39 bits per heavy atom. The number of allylic oxidation sites excluding steroid dienone is 3. The topological polar surface area (TPSA) is 218 Å². The Hall–Kier alpha value is -3.53. The number of nitrogens with one attached hydrogen (secondary N) is 1. The molecule has 0 saturated carbocycles. The summed E-state index contributed by atoms with van der Waals surface area (Å²) >= 11 is 1.33. The molecule has 1 aromatic carbocycles. The highest BCUT2D eigenvalue weighted by molar-refractivity contribution is 7.09. The average Bonchev–Trinajstić information content (AvgIpc) is 3.79. The first kappa shape index (κ1) is 54.4. The number of hydrogen-bond acceptors (Lipinski definition) is 18. The first-order valence-electron chi connectivity index (χ1n) is 23.5. The van der Waals surface area contributed by atoms with Gasteiger partial charge in [-0.15, -0.1) is 5.10 Å². The maximum atomic E-state index is 13.6. The number of carbonyl (C=O) groups is 3. The Labute approximate surface area is 399 Å². The molecule has 1 aromatic heterocycles. The van der Waals surface area contributed by atoms with Gasteiger partial charge in [-0.05, 0) is 102 Å². The van der Waals surface area contributed by atoms with Crippen LogP contribution in [0.4, 0.5) is 0 Å². The predicted molar refractivity (Wildman–Crippen MR) is 250 cm³/mol. The van der Waals surface area contributed by atoms with Gasteiger partial charge in [0.25, 0.3) is 0 Å². The molecule has 5 rings (SSSR count). The SMILES string of the molecule is CO[C@@H]1[C@@H](O[C@@H]2O[C@H](C)[C@@H](OC3CC(C)(O)C(OC(=O)CC(C)C)C(C)O3)[C@H](N(C)C)[C@H]2O)[C@@H](CCNCc2ccc(-c3cnns3)cc2)C[C@@H](C)C(=O)C=CC=CC[C@@H](C)OC(=O)C[C@@H]1O. The first-order valence-corrected chi connectivity index (χ1v) is 24.3. The van der Waals surface area contributed by atoms with Crippen molar-refractivity contribution in [1.29, 1.82) is 0 Å². The number of ether oxygens (including phenoxy) is 7. The van der Waals surface area contributed by atoms with E-state index in [0.717, 1.165) is 16.0 Å². The van der Waals surface area contributed by atoms with Crippen LogP contribution in [-0.2, 0) is 54.1 Å². The number of rotatable bonds is 15. The highest BCUT2D eigenvalue weighted by Crippen LogP contribution is 2.38. The number of aromatic nitrogens is 2. The predicted octanol–water partition coefficient (Wildman–Crippen LogP) is 4.76. The molecule has 2 aromatic rings. The van der Waals surface area contributed by atoms with Crippen molar-refractivity contribution in [2.45, 2.75) is 173 Å². The highest BCUT2D eigenvalue weighted by Gasteiger charge is 2.52. The van der Waals surface area contributed by atoms with Gasteiger partial charge in [0.1, 0.15) is 30.0 Å². The molecule has 3 aliphatic heterocycles. The van der Waals surface area contributed by atoms with Crippen LogP contribution in [0.1, 0.15) is 92.6 Å². The average molecular weight is 959 g/mol. The zero-order chi connectivity index (χ0) is 49.0. The van der Waals surface area contributed by atoms with E-state index < -0.39 is 109 Å². The molecule has 4 N–H and O–H groups in total. The van der Waals surface area contributed by atoms with Gasteiger partial charge in [-0.1, -0.05) is 67.8 Å². The van der Waals surface area contributed by atoms with Crippen molar-refractivity contribution in [3.8, 4) is 10.4 Å². The largest absolute Gasteiger partial charge is 0.462 e. The van der Waals surface area contributed by atoms with Crippen LogP contribution in [0.2, 0.25) is 0 Å². The van der Waals surface area contributed by atoms with E-state index in [1.807, 2.05) is 51.1 Å². The van der Waals surface area contributed by atoms with E-state index in [2.05, 4.69) is 14.9 Å². The van der Waals surface area contributed by atoms with Gasteiger partial charge in [0.2, 0.25) is 0 Å². The normalized spacial score (nSPS) is 34.9. The lowest BCUT2D eigenvalue weighted by molar-refractivity contribution is -0.344. The molecule has 4 heterocycles. The van der Waals surface area contributed by atoms with Crippen molar-refractivity contribution in [3.63, 3.8) is 0 Å². The molecule has 3 aliphatic rings. The monoisotopic (exact) mass is 958 g/mol. The van der Waals surface area contributed by atoms with E-state index >= 15 is 0 Å². The zero-order valence-corrected chi connectivity index (χ0v) is 41.5. The number of methoxy groups -OCH3 is 1. The summed E-state index contributed by atoms with van der Waals surface area (Å²) in [4.78, 5) is 42.2. The van der Waals surface area contributed by atoms with Crippen LogP contribution < -0.4 is 5.32 Å². The van der Waals surface area contributed by atoms with Crippen molar-refractivity contribution in [2.75, 3.05) is 27.7 Å². The van der Waals surface area contributed by atoms with Crippen molar-refractivity contribution in [3.05, 3.63) is 60.3 Å². The molecule has 374 valence electrons. The number of ketones is 1. The standard InChI is InChI=1S/C49H74N4O13S/c1-28(2)22-39(56)64-47-32(6)62-41(25-49(47,7)59)65-44-31(5)63-48(43(58)42(44)53(8)9)66-45-35(20-21-50-26-33-16-18-34(19-17-33)38-27-51-52-67-38)23-29(3)36(54)15-13-11-12-14-30(4)61-40(57)24-37(55)46(45)60-10/h11-13,15-19,27-32,35,37,41-48,50,55,58-59H,14,20-26H2,1-10H3/t29-,30-,31-,32?,35+,37+,41?,42-,43-,44-,45+,46+,47?,48+,49?/m1/s1. The molecule has 17 nitrogen and oxygen atoms in total. The number of nitrogens with zero attached hydrogens (tertiary/aromatic N) is 3. The van der Waals surface area contributed by atoms with Crippen LogP contribution in [0.15, 0.2) is 54.8 Å². The van der Waals surface area contributed by atoms with Gasteiger partial charge in [0.15, 0.2) is 24.5 Å². The molecule has 0 amide bonds. The number of carbonyl (C=O) groups excluding carboxylic acids is 3.